The van der Waals surface area contributed by atoms with E-state index in [4.69, 9.17) is 9.47 Å². The van der Waals surface area contributed by atoms with Gasteiger partial charge in [0.25, 0.3) is 5.91 Å². The van der Waals surface area contributed by atoms with Crippen LogP contribution in [0.3, 0.4) is 0 Å². The van der Waals surface area contributed by atoms with Crippen LogP contribution < -0.4 is 14.9 Å². The molecule has 0 saturated carbocycles. The molecule has 1 N–H and O–H groups in total. The van der Waals surface area contributed by atoms with Gasteiger partial charge in [-0.2, -0.15) is 5.10 Å². The van der Waals surface area contributed by atoms with Crippen molar-refractivity contribution >= 4 is 29.4 Å². The van der Waals surface area contributed by atoms with Crippen LogP contribution >= 0.6 is 11.3 Å². The van der Waals surface area contributed by atoms with Gasteiger partial charge in [-0.25, -0.2) is 10.2 Å². The number of nitrogens with zero attached hydrogens (tertiary/aromatic N) is 2. The Bertz CT molecular complexity index is 1010. The van der Waals surface area contributed by atoms with Crippen molar-refractivity contribution in [3.63, 3.8) is 0 Å². The molecule has 0 radical (unpaired) electrons. The van der Waals surface area contributed by atoms with Gasteiger partial charge in [-0.3, -0.25) is 9.78 Å². The van der Waals surface area contributed by atoms with Gasteiger partial charge in [0, 0.05) is 11.9 Å². The molecule has 0 saturated heterocycles. The van der Waals surface area contributed by atoms with Crippen molar-refractivity contribution in [1.82, 2.24) is 10.4 Å². The molecule has 0 atom stereocenters. The molecule has 3 rings (SSSR count). The van der Waals surface area contributed by atoms with Crippen molar-refractivity contribution in [2.45, 2.75) is 13.8 Å². The zero-order valence-corrected chi connectivity index (χ0v) is 16.7. The molecule has 29 heavy (non-hydrogen) atoms. The highest BCUT2D eigenvalue weighted by atomic mass is 32.1. The Morgan fingerprint density at radius 3 is 2.76 bits per heavy atom. The molecule has 0 unspecified atom stereocenters. The molecule has 1 amide bonds. The molecular weight excluding hydrogens is 390 g/mol. The van der Waals surface area contributed by atoms with Crippen LogP contribution in [-0.2, 0) is 0 Å². The number of aryl methyl sites for hydroxylation is 1. The maximum Gasteiger partial charge on any atom is 0.353 e. The number of ether oxygens (including phenoxy) is 2. The van der Waals surface area contributed by atoms with Crippen LogP contribution in [0.15, 0.2) is 59.1 Å². The smallest absolute Gasteiger partial charge is 0.353 e. The Morgan fingerprint density at radius 2 is 2.07 bits per heavy atom. The van der Waals surface area contributed by atoms with Crippen molar-refractivity contribution < 1.29 is 19.1 Å². The fraction of sp³-hybridized carbons (Fsp3) is 0.143. The summed E-state index contributed by atoms with van der Waals surface area (Å²) in [6.07, 6.45) is 2.97. The number of hydrogen-bond donors (Lipinski definition) is 1. The lowest BCUT2D eigenvalue weighted by Crippen LogP contribution is -2.17. The number of benzene rings is 1. The number of thiophene rings is 1. The van der Waals surface area contributed by atoms with E-state index in [0.29, 0.717) is 34.1 Å². The van der Waals surface area contributed by atoms with E-state index in [1.807, 2.05) is 13.8 Å². The van der Waals surface area contributed by atoms with E-state index in [9.17, 15) is 9.59 Å². The summed E-state index contributed by atoms with van der Waals surface area (Å²) in [6, 6.07) is 11.9. The van der Waals surface area contributed by atoms with E-state index in [1.54, 1.807) is 47.8 Å². The van der Waals surface area contributed by atoms with Crippen molar-refractivity contribution in [3.8, 4) is 11.5 Å². The number of hydrazone groups is 1. The van der Waals surface area contributed by atoms with Crippen LogP contribution in [-0.4, -0.2) is 29.7 Å². The summed E-state index contributed by atoms with van der Waals surface area (Å²) in [5.41, 5.74) is 4.36. The maximum atomic E-state index is 12.2. The van der Waals surface area contributed by atoms with E-state index in [0.717, 1.165) is 5.69 Å². The summed E-state index contributed by atoms with van der Waals surface area (Å²) >= 11 is 1.30. The summed E-state index contributed by atoms with van der Waals surface area (Å²) in [5, 5.41) is 5.76. The van der Waals surface area contributed by atoms with E-state index in [1.165, 1.54) is 23.7 Å². The predicted molar refractivity (Wildman–Crippen MR) is 111 cm³/mol. The molecule has 0 spiro atoms. The molecule has 7 nitrogen and oxygen atoms in total. The Balaban J connectivity index is 1.68. The molecule has 3 aromatic rings. The summed E-state index contributed by atoms with van der Waals surface area (Å²) < 4.78 is 11.0. The van der Waals surface area contributed by atoms with Gasteiger partial charge >= 0.3 is 5.97 Å². The molecule has 2 aromatic heterocycles. The Kier molecular flexibility index (Phi) is 6.70. The van der Waals surface area contributed by atoms with E-state index in [-0.39, 0.29) is 5.91 Å². The first-order valence-electron chi connectivity index (χ1n) is 8.85. The average molecular weight is 409 g/mol. The molecule has 0 aliphatic rings. The maximum absolute atomic E-state index is 12.2. The number of amides is 1. The minimum atomic E-state index is -0.443. The summed E-state index contributed by atoms with van der Waals surface area (Å²) in [5.74, 6) is -0.0748. The second-order valence-corrected chi connectivity index (χ2v) is 6.84. The molecule has 0 aliphatic carbocycles. The lowest BCUT2D eigenvalue weighted by molar-refractivity contribution is 0.0733. The number of nitrogens with one attached hydrogen (secondary N) is 1. The predicted octanol–water partition coefficient (Wildman–Crippen LogP) is 3.83. The van der Waals surface area contributed by atoms with Crippen molar-refractivity contribution in [2.24, 2.45) is 5.10 Å². The van der Waals surface area contributed by atoms with Crippen molar-refractivity contribution in [3.05, 3.63) is 75.7 Å². The highest BCUT2D eigenvalue weighted by molar-refractivity contribution is 7.12. The number of pyridine rings is 1. The first-order valence-corrected chi connectivity index (χ1v) is 9.73. The van der Waals surface area contributed by atoms with Crippen LogP contribution in [0.2, 0.25) is 0 Å². The van der Waals surface area contributed by atoms with Crippen LogP contribution in [0.25, 0.3) is 0 Å². The molecular formula is C21H19N3O4S. The Morgan fingerprint density at radius 1 is 1.21 bits per heavy atom. The van der Waals surface area contributed by atoms with Gasteiger partial charge in [0.15, 0.2) is 11.5 Å². The fourth-order valence-electron chi connectivity index (χ4n) is 2.33. The van der Waals surface area contributed by atoms with Gasteiger partial charge in [-0.1, -0.05) is 6.07 Å². The SMILES string of the molecule is CCOc1cc(/C=N/NC(=O)c2ccc(C)nc2)ccc1OC(=O)c1cccs1. The molecule has 0 bridgehead atoms. The van der Waals surface area contributed by atoms with Crippen molar-refractivity contribution in [2.75, 3.05) is 6.61 Å². The number of carbonyl (C=O) groups is 2. The van der Waals surface area contributed by atoms with E-state index in [2.05, 4.69) is 15.5 Å². The molecule has 2 heterocycles. The number of hydrogen-bond acceptors (Lipinski definition) is 7. The third-order valence-electron chi connectivity index (χ3n) is 3.75. The van der Waals surface area contributed by atoms with E-state index < -0.39 is 5.97 Å². The fourth-order valence-corrected chi connectivity index (χ4v) is 2.93. The average Bonchev–Trinajstić information content (AvgIpc) is 3.25. The second kappa shape index (κ2) is 9.61. The first-order chi connectivity index (χ1) is 14.1. The van der Waals surface area contributed by atoms with Gasteiger partial charge in [0.05, 0.1) is 18.4 Å². The van der Waals surface area contributed by atoms with Gasteiger partial charge in [0.2, 0.25) is 0 Å². The molecule has 8 heteroatoms. The van der Waals surface area contributed by atoms with Crippen LogP contribution in [0.4, 0.5) is 0 Å². The van der Waals surface area contributed by atoms with Gasteiger partial charge in [-0.05, 0) is 61.2 Å². The Hall–Kier alpha value is -3.52. The largest absolute Gasteiger partial charge is 0.490 e. The van der Waals surface area contributed by atoms with Crippen molar-refractivity contribution in [1.29, 1.82) is 0 Å². The lowest BCUT2D eigenvalue weighted by atomic mass is 10.2. The zero-order chi connectivity index (χ0) is 20.6. The van der Waals surface area contributed by atoms with E-state index >= 15 is 0 Å². The summed E-state index contributed by atoms with van der Waals surface area (Å²) in [4.78, 5) is 28.8. The quantitative estimate of drug-likeness (QED) is 0.277. The number of carbonyl (C=O) groups excluding carboxylic acids is 2. The highest BCUT2D eigenvalue weighted by Crippen LogP contribution is 2.29. The number of rotatable bonds is 7. The number of esters is 1. The molecule has 0 fully saturated rings. The molecule has 0 aliphatic heterocycles. The zero-order valence-electron chi connectivity index (χ0n) is 15.9. The Labute approximate surface area is 172 Å². The van der Waals surface area contributed by atoms with Gasteiger partial charge in [-0.15, -0.1) is 11.3 Å². The minimum Gasteiger partial charge on any atom is -0.490 e. The van der Waals surface area contributed by atoms with Gasteiger partial charge in [0.1, 0.15) is 4.88 Å². The highest BCUT2D eigenvalue weighted by Gasteiger charge is 2.14. The molecule has 1 aromatic carbocycles. The monoisotopic (exact) mass is 409 g/mol. The standard InChI is InChI=1S/C21H19N3O4S/c1-3-27-18-11-15(7-9-17(18)28-21(26)19-5-4-10-29-19)12-23-24-20(25)16-8-6-14(2)22-13-16/h4-13H,3H2,1-2H3,(H,24,25)/b23-12+. The number of aromatic nitrogens is 1. The van der Waals surface area contributed by atoms with Crippen LogP contribution in [0, 0.1) is 6.92 Å². The summed E-state index contributed by atoms with van der Waals surface area (Å²) in [6.45, 7) is 4.08. The first kappa shape index (κ1) is 20.2. The minimum absolute atomic E-state index is 0.317. The second-order valence-electron chi connectivity index (χ2n) is 5.89. The van der Waals surface area contributed by atoms with Crippen LogP contribution in [0.1, 0.15) is 38.2 Å². The third-order valence-corrected chi connectivity index (χ3v) is 4.60. The molecule has 148 valence electrons. The third kappa shape index (κ3) is 5.49. The topological polar surface area (TPSA) is 89.9 Å². The lowest BCUT2D eigenvalue weighted by Gasteiger charge is -2.10. The van der Waals surface area contributed by atoms with Crippen LogP contribution in [0.5, 0.6) is 11.5 Å². The normalized spacial score (nSPS) is 10.7. The van der Waals surface area contributed by atoms with Gasteiger partial charge < -0.3 is 9.47 Å². The summed E-state index contributed by atoms with van der Waals surface area (Å²) in [7, 11) is 0.